The molecule has 58 heavy (non-hydrogen) atoms. The molecule has 0 aromatic heterocycles. The van der Waals surface area contributed by atoms with E-state index in [-0.39, 0.29) is 25.8 Å². The second-order valence-electron chi connectivity index (χ2n) is 17.1. The Balaban J connectivity index is 4.20. The van der Waals surface area contributed by atoms with Gasteiger partial charge in [0.05, 0.1) is 34.4 Å². The molecule has 0 saturated heterocycles. The molecule has 0 amide bonds. The van der Waals surface area contributed by atoms with Gasteiger partial charge in [0, 0.05) is 13.0 Å². The molecule has 0 aliphatic rings. The van der Waals surface area contributed by atoms with Gasteiger partial charge in [0.15, 0.2) is 0 Å². The van der Waals surface area contributed by atoms with E-state index in [0.717, 1.165) is 64.2 Å². The number of nitrogens with zero attached hydrogens (tertiary/aromatic N) is 1. The average Bonchev–Trinajstić information content (AvgIpc) is 3.18. The van der Waals surface area contributed by atoms with Crippen LogP contribution in [-0.2, 0) is 27.9 Å². The number of carbonyl (C=O) groups excluding carboxylic acids is 1. The van der Waals surface area contributed by atoms with Crippen molar-refractivity contribution < 1.29 is 37.3 Å². The molecule has 0 aliphatic carbocycles. The number of esters is 1. The smallest absolute Gasteiger partial charge is 0.457 e. The van der Waals surface area contributed by atoms with Crippen LogP contribution in [0.1, 0.15) is 200 Å². The summed E-state index contributed by atoms with van der Waals surface area (Å²) in [7, 11) is 1.65. The molecule has 0 spiro atoms. The fraction of sp³-hybridized carbons (Fsp3) is 0.816. The first kappa shape index (κ1) is 56.5. The van der Waals surface area contributed by atoms with Gasteiger partial charge in [-0.05, 0) is 77.0 Å². The lowest BCUT2D eigenvalue weighted by atomic mass is 10.1. The summed E-state index contributed by atoms with van der Waals surface area (Å²) >= 11 is 0. The van der Waals surface area contributed by atoms with E-state index in [1.165, 1.54) is 116 Å². The molecule has 1 N–H and O–H groups in total. The Kier molecular flexibility index (Phi) is 41.0. The van der Waals surface area contributed by atoms with Crippen molar-refractivity contribution in [2.45, 2.75) is 206 Å². The summed E-state index contributed by atoms with van der Waals surface area (Å²) in [5, 5.41) is 0. The van der Waals surface area contributed by atoms with Gasteiger partial charge in [-0.1, -0.05) is 165 Å². The summed E-state index contributed by atoms with van der Waals surface area (Å²) in [5.74, 6) is -0.327. The largest absolute Gasteiger partial charge is 0.472 e. The predicted octanol–water partition coefficient (Wildman–Crippen LogP) is 14.3. The van der Waals surface area contributed by atoms with E-state index in [1.807, 2.05) is 21.1 Å². The van der Waals surface area contributed by atoms with Crippen molar-refractivity contribution in [1.82, 2.24) is 0 Å². The number of ether oxygens (including phenoxy) is 2. The topological polar surface area (TPSA) is 91.3 Å². The fourth-order valence-corrected chi connectivity index (χ4v) is 7.12. The Labute approximate surface area is 358 Å². The Hall–Kier alpha value is -1.54. The molecule has 2 atom stereocenters. The first-order valence-electron chi connectivity index (χ1n) is 23.9. The van der Waals surface area contributed by atoms with Gasteiger partial charge in [-0.2, -0.15) is 0 Å². The van der Waals surface area contributed by atoms with Crippen LogP contribution >= 0.6 is 7.82 Å². The quantitative estimate of drug-likeness (QED) is 0.0215. The van der Waals surface area contributed by atoms with Crippen molar-refractivity contribution in [1.29, 1.82) is 0 Å². The minimum absolute atomic E-state index is 0.0837. The van der Waals surface area contributed by atoms with Gasteiger partial charge in [0.1, 0.15) is 19.3 Å². The van der Waals surface area contributed by atoms with E-state index < -0.39 is 13.9 Å². The zero-order chi connectivity index (χ0) is 42.7. The summed E-state index contributed by atoms with van der Waals surface area (Å²) in [6, 6.07) is 0. The average molecular weight is 839 g/mol. The van der Waals surface area contributed by atoms with E-state index in [0.29, 0.717) is 24.1 Å². The highest BCUT2D eigenvalue weighted by Crippen LogP contribution is 2.43. The third-order valence-corrected chi connectivity index (χ3v) is 11.1. The maximum Gasteiger partial charge on any atom is 0.472 e. The molecule has 0 fully saturated rings. The summed E-state index contributed by atoms with van der Waals surface area (Å²) in [4.78, 5) is 22.9. The van der Waals surface area contributed by atoms with E-state index in [2.05, 4.69) is 62.5 Å². The number of rotatable bonds is 44. The summed E-state index contributed by atoms with van der Waals surface area (Å²) in [5.41, 5.74) is 0. The molecule has 2 unspecified atom stereocenters. The standard InChI is InChI=1S/C49H92NO7P/c1-6-8-10-12-14-16-18-20-22-23-24-25-26-27-28-29-31-33-35-37-39-41-44-54-46-48(47-56-58(52,53)55-45-43-50(3,4)5)57-49(51)42-40-38-36-34-32-30-21-19-17-15-13-11-9-7-2/h18-21,23-24,26-27,48H,6-17,22,25,28-47H2,1-5H3/p+1/b20-18-,21-19-,24-23-,27-26-. The van der Waals surface area contributed by atoms with E-state index in [4.69, 9.17) is 18.5 Å². The Morgan fingerprint density at radius 1 is 0.534 bits per heavy atom. The highest BCUT2D eigenvalue weighted by Gasteiger charge is 2.26. The first-order valence-corrected chi connectivity index (χ1v) is 25.4. The highest BCUT2D eigenvalue weighted by atomic mass is 31.2. The van der Waals surface area contributed by atoms with Gasteiger partial charge in [-0.3, -0.25) is 13.8 Å². The minimum Gasteiger partial charge on any atom is -0.457 e. The number of unbranched alkanes of at least 4 members (excludes halogenated alkanes) is 22. The van der Waals surface area contributed by atoms with Crippen molar-refractivity contribution in [2.24, 2.45) is 0 Å². The maximum atomic E-state index is 12.7. The molecule has 0 aromatic carbocycles. The molecule has 8 nitrogen and oxygen atoms in total. The number of carbonyl (C=O) groups is 1. The highest BCUT2D eigenvalue weighted by molar-refractivity contribution is 7.47. The third kappa shape index (κ3) is 45.5. The lowest BCUT2D eigenvalue weighted by Gasteiger charge is -2.24. The van der Waals surface area contributed by atoms with Gasteiger partial charge in [0.2, 0.25) is 0 Å². The van der Waals surface area contributed by atoms with Crippen LogP contribution in [0.5, 0.6) is 0 Å². The molecule has 0 aromatic rings. The van der Waals surface area contributed by atoms with Crippen LogP contribution in [0.15, 0.2) is 48.6 Å². The van der Waals surface area contributed by atoms with Crippen LogP contribution < -0.4 is 0 Å². The maximum absolute atomic E-state index is 12.7. The first-order chi connectivity index (χ1) is 28.1. The van der Waals surface area contributed by atoms with Crippen molar-refractivity contribution in [3.63, 3.8) is 0 Å². The zero-order valence-electron chi connectivity index (χ0n) is 38.5. The Morgan fingerprint density at radius 3 is 1.43 bits per heavy atom. The van der Waals surface area contributed by atoms with Crippen LogP contribution in [0.3, 0.4) is 0 Å². The van der Waals surface area contributed by atoms with E-state index in [1.54, 1.807) is 0 Å². The molecule has 0 saturated carbocycles. The van der Waals surface area contributed by atoms with Gasteiger partial charge in [-0.25, -0.2) is 4.57 Å². The van der Waals surface area contributed by atoms with Gasteiger partial charge >= 0.3 is 13.8 Å². The van der Waals surface area contributed by atoms with Crippen molar-refractivity contribution in [3.8, 4) is 0 Å². The summed E-state index contributed by atoms with van der Waals surface area (Å²) < 4.78 is 35.0. The number of allylic oxidation sites excluding steroid dienone is 8. The lowest BCUT2D eigenvalue weighted by molar-refractivity contribution is -0.870. The molecular weight excluding hydrogens is 746 g/mol. The van der Waals surface area contributed by atoms with E-state index >= 15 is 0 Å². The van der Waals surface area contributed by atoms with Crippen LogP contribution in [0, 0.1) is 0 Å². The molecule has 0 bridgehead atoms. The number of hydrogen-bond donors (Lipinski definition) is 1. The van der Waals surface area contributed by atoms with Crippen molar-refractivity contribution >= 4 is 13.8 Å². The van der Waals surface area contributed by atoms with Crippen molar-refractivity contribution in [3.05, 3.63) is 48.6 Å². The van der Waals surface area contributed by atoms with Crippen LogP contribution in [0.2, 0.25) is 0 Å². The van der Waals surface area contributed by atoms with E-state index in [9.17, 15) is 14.3 Å². The van der Waals surface area contributed by atoms with Gasteiger partial charge in [-0.15, -0.1) is 0 Å². The number of hydrogen-bond acceptors (Lipinski definition) is 6. The molecule has 0 radical (unpaired) electrons. The van der Waals surface area contributed by atoms with Gasteiger partial charge < -0.3 is 18.9 Å². The fourth-order valence-electron chi connectivity index (χ4n) is 6.38. The van der Waals surface area contributed by atoms with Gasteiger partial charge in [0.25, 0.3) is 0 Å². The number of quaternary nitrogens is 1. The molecule has 340 valence electrons. The van der Waals surface area contributed by atoms with Crippen molar-refractivity contribution in [2.75, 3.05) is 54.1 Å². The molecule has 9 heteroatoms. The number of phosphoric ester groups is 1. The number of likely N-dealkylation sites (N-methyl/N-ethyl adjacent to an activating group) is 1. The molecule has 0 rings (SSSR count). The monoisotopic (exact) mass is 839 g/mol. The van der Waals surface area contributed by atoms with Crippen LogP contribution in [0.4, 0.5) is 0 Å². The second-order valence-corrected chi connectivity index (χ2v) is 18.6. The molecule has 0 heterocycles. The minimum atomic E-state index is -4.28. The summed E-state index contributed by atoms with van der Waals surface area (Å²) in [6.45, 7) is 5.57. The molecule has 0 aliphatic heterocycles. The zero-order valence-corrected chi connectivity index (χ0v) is 39.4. The third-order valence-electron chi connectivity index (χ3n) is 10.1. The Morgan fingerprint density at radius 2 is 0.948 bits per heavy atom. The molecular formula is C49H93NO7P+. The normalized spacial score (nSPS) is 14.1. The van der Waals surface area contributed by atoms with Crippen LogP contribution in [-0.4, -0.2) is 75.6 Å². The number of phosphoric acid groups is 1. The van der Waals surface area contributed by atoms with Crippen LogP contribution in [0.25, 0.3) is 0 Å². The predicted molar refractivity (Wildman–Crippen MR) is 247 cm³/mol. The second kappa shape index (κ2) is 42.2. The summed E-state index contributed by atoms with van der Waals surface area (Å²) in [6.07, 6.45) is 51.5. The lowest BCUT2D eigenvalue weighted by Crippen LogP contribution is -2.37. The Bertz CT molecular complexity index is 1070. The SMILES string of the molecule is CCCCCCC/C=C\C/C=C\C/C=C\CCCCCCCCCOCC(COP(=O)(O)OCC[N+](C)(C)C)OC(=O)CCCCCCC/C=C\CCCCCCC.